The van der Waals surface area contributed by atoms with Crippen LogP contribution in [0.25, 0.3) is 0 Å². The Balaban J connectivity index is 1.99. The fourth-order valence-corrected chi connectivity index (χ4v) is 2.53. The van der Waals surface area contributed by atoms with Crippen LogP contribution in [0.1, 0.15) is 50.8 Å². The second-order valence-electron chi connectivity index (χ2n) is 6.17. The lowest BCUT2D eigenvalue weighted by atomic mass is 9.89. The molecule has 1 aromatic carbocycles. The number of amides is 1. The van der Waals surface area contributed by atoms with E-state index >= 15 is 0 Å². The predicted molar refractivity (Wildman–Crippen MR) is 82.3 cm³/mol. The number of carbonyl (C=O) groups excluding carboxylic acids is 1. The Labute approximate surface area is 126 Å². The molecule has 2 N–H and O–H groups in total. The van der Waals surface area contributed by atoms with Crippen LogP contribution in [0.15, 0.2) is 18.2 Å². The molecule has 2 atom stereocenters. The summed E-state index contributed by atoms with van der Waals surface area (Å²) in [7, 11) is 0. The number of fused-ring (bicyclic) bond motifs is 1. The molecule has 0 aromatic heterocycles. The molecule has 1 unspecified atom stereocenters. The highest BCUT2D eigenvalue weighted by molar-refractivity contribution is 5.80. The molecule has 4 heteroatoms. The van der Waals surface area contributed by atoms with Crippen molar-refractivity contribution in [2.24, 2.45) is 5.92 Å². The molecule has 0 aliphatic heterocycles. The molecule has 0 radical (unpaired) electrons. The molecule has 1 aromatic rings. The Hall–Kier alpha value is -1.55. The number of aryl methyl sites for hydroxylation is 1. The first kappa shape index (κ1) is 15.8. The van der Waals surface area contributed by atoms with Crippen molar-refractivity contribution in [1.29, 1.82) is 0 Å². The van der Waals surface area contributed by atoms with E-state index in [0.717, 1.165) is 24.8 Å². The first-order chi connectivity index (χ1) is 9.97. The summed E-state index contributed by atoms with van der Waals surface area (Å²) >= 11 is 0. The maximum absolute atomic E-state index is 11.9. The molecule has 0 spiro atoms. The van der Waals surface area contributed by atoms with E-state index in [1.54, 1.807) is 6.92 Å². The molecule has 0 fully saturated rings. The van der Waals surface area contributed by atoms with Crippen molar-refractivity contribution in [3.8, 4) is 5.75 Å². The zero-order chi connectivity index (χ0) is 15.4. The van der Waals surface area contributed by atoms with Crippen molar-refractivity contribution < 1.29 is 14.6 Å². The highest BCUT2D eigenvalue weighted by Crippen LogP contribution is 2.32. The Kier molecular flexibility index (Phi) is 5.23. The van der Waals surface area contributed by atoms with Gasteiger partial charge in [-0.05, 0) is 55.4 Å². The van der Waals surface area contributed by atoms with Crippen LogP contribution in [-0.4, -0.2) is 23.7 Å². The summed E-state index contributed by atoms with van der Waals surface area (Å²) in [6, 6.07) is 5.74. The van der Waals surface area contributed by atoms with Gasteiger partial charge in [0.15, 0.2) is 6.10 Å². The molecule has 4 nitrogen and oxygen atoms in total. The largest absolute Gasteiger partial charge is 0.481 e. The van der Waals surface area contributed by atoms with E-state index in [2.05, 4.69) is 19.2 Å². The average Bonchev–Trinajstić information content (AvgIpc) is 2.45. The molecule has 2 rings (SSSR count). The van der Waals surface area contributed by atoms with Crippen molar-refractivity contribution >= 4 is 5.91 Å². The number of aliphatic hydroxyl groups excluding tert-OH is 1. The molecule has 0 bridgehead atoms. The van der Waals surface area contributed by atoms with E-state index in [9.17, 15) is 9.90 Å². The monoisotopic (exact) mass is 291 g/mol. The molecule has 0 saturated heterocycles. The highest BCUT2D eigenvalue weighted by atomic mass is 16.5. The van der Waals surface area contributed by atoms with Crippen LogP contribution in [0.5, 0.6) is 5.75 Å². The lowest BCUT2D eigenvalue weighted by Crippen LogP contribution is -2.38. The van der Waals surface area contributed by atoms with Gasteiger partial charge >= 0.3 is 0 Å². The molecular formula is C17H25NO3. The fraction of sp³-hybridized carbons (Fsp3) is 0.588. The quantitative estimate of drug-likeness (QED) is 0.876. The Morgan fingerprint density at radius 1 is 1.43 bits per heavy atom. The summed E-state index contributed by atoms with van der Waals surface area (Å²) in [6.45, 7) is 6.49. The maximum atomic E-state index is 11.9. The van der Waals surface area contributed by atoms with Crippen molar-refractivity contribution in [2.45, 2.75) is 52.2 Å². The maximum Gasteiger partial charge on any atom is 0.260 e. The predicted octanol–water partition coefficient (Wildman–Crippen LogP) is 2.60. The van der Waals surface area contributed by atoms with Crippen molar-refractivity contribution in [1.82, 2.24) is 5.32 Å². The molecule has 0 heterocycles. The van der Waals surface area contributed by atoms with Gasteiger partial charge in [0.05, 0.1) is 6.10 Å². The van der Waals surface area contributed by atoms with E-state index < -0.39 is 12.2 Å². The second-order valence-corrected chi connectivity index (χ2v) is 6.17. The van der Waals surface area contributed by atoms with Crippen LogP contribution in [-0.2, 0) is 11.2 Å². The SMILES string of the molecule is CC(C)CNC(=O)C(C)Oc1ccc2c(c1)[C@@H](O)CCC2. The van der Waals surface area contributed by atoms with Crippen LogP contribution in [0.2, 0.25) is 0 Å². The zero-order valence-electron chi connectivity index (χ0n) is 13.1. The lowest BCUT2D eigenvalue weighted by molar-refractivity contribution is -0.127. The Morgan fingerprint density at radius 2 is 2.19 bits per heavy atom. The molecule has 1 aliphatic carbocycles. The van der Waals surface area contributed by atoms with Gasteiger partial charge in [-0.3, -0.25) is 4.79 Å². The van der Waals surface area contributed by atoms with E-state index in [1.807, 2.05) is 18.2 Å². The Morgan fingerprint density at radius 3 is 2.90 bits per heavy atom. The Bertz CT molecular complexity index is 499. The standard InChI is InChI=1S/C17H25NO3/c1-11(2)10-18-17(20)12(3)21-14-8-7-13-5-4-6-16(19)15(13)9-14/h7-9,11-12,16,19H,4-6,10H2,1-3H3,(H,18,20)/t12?,16-/m0/s1. The highest BCUT2D eigenvalue weighted by Gasteiger charge is 2.20. The van der Waals surface area contributed by atoms with Crippen LogP contribution < -0.4 is 10.1 Å². The smallest absolute Gasteiger partial charge is 0.260 e. The third kappa shape index (κ3) is 4.21. The topological polar surface area (TPSA) is 58.6 Å². The zero-order valence-corrected chi connectivity index (χ0v) is 13.1. The number of aliphatic hydroxyl groups is 1. The van der Waals surface area contributed by atoms with Crippen LogP contribution in [0, 0.1) is 5.92 Å². The minimum Gasteiger partial charge on any atom is -0.481 e. The summed E-state index contributed by atoms with van der Waals surface area (Å²) in [4.78, 5) is 11.9. The summed E-state index contributed by atoms with van der Waals surface area (Å²) in [6.07, 6.45) is 1.85. The lowest BCUT2D eigenvalue weighted by Gasteiger charge is -2.23. The van der Waals surface area contributed by atoms with Gasteiger partial charge in [-0.25, -0.2) is 0 Å². The molecule has 1 aliphatic rings. The van der Waals surface area contributed by atoms with Crippen LogP contribution >= 0.6 is 0 Å². The summed E-state index contributed by atoms with van der Waals surface area (Å²) < 4.78 is 5.70. The molecule has 0 saturated carbocycles. The first-order valence-electron chi connectivity index (χ1n) is 7.72. The van der Waals surface area contributed by atoms with Gasteiger partial charge < -0.3 is 15.2 Å². The van der Waals surface area contributed by atoms with Crippen molar-refractivity contribution in [3.05, 3.63) is 29.3 Å². The van der Waals surface area contributed by atoms with Crippen molar-refractivity contribution in [2.75, 3.05) is 6.54 Å². The fourth-order valence-electron chi connectivity index (χ4n) is 2.53. The van der Waals surface area contributed by atoms with E-state index in [0.29, 0.717) is 18.2 Å². The summed E-state index contributed by atoms with van der Waals surface area (Å²) in [5.74, 6) is 0.948. The minimum absolute atomic E-state index is 0.109. The second kappa shape index (κ2) is 6.94. The van der Waals surface area contributed by atoms with Gasteiger partial charge in [-0.15, -0.1) is 0 Å². The van der Waals surface area contributed by atoms with E-state index in [4.69, 9.17) is 4.74 Å². The van der Waals surface area contributed by atoms with E-state index in [-0.39, 0.29) is 5.91 Å². The molecule has 116 valence electrons. The molecular weight excluding hydrogens is 266 g/mol. The number of hydrogen-bond donors (Lipinski definition) is 2. The number of nitrogens with one attached hydrogen (secondary N) is 1. The van der Waals surface area contributed by atoms with Crippen LogP contribution in [0.3, 0.4) is 0 Å². The third-order valence-electron chi connectivity index (χ3n) is 3.77. The molecule has 1 amide bonds. The van der Waals surface area contributed by atoms with E-state index in [1.165, 1.54) is 5.56 Å². The van der Waals surface area contributed by atoms with Gasteiger partial charge in [0.2, 0.25) is 0 Å². The first-order valence-corrected chi connectivity index (χ1v) is 7.72. The van der Waals surface area contributed by atoms with Gasteiger partial charge in [0.1, 0.15) is 5.75 Å². The summed E-state index contributed by atoms with van der Waals surface area (Å²) in [5, 5.41) is 12.9. The third-order valence-corrected chi connectivity index (χ3v) is 3.77. The number of ether oxygens (including phenoxy) is 1. The number of hydrogen-bond acceptors (Lipinski definition) is 3. The molecule has 21 heavy (non-hydrogen) atoms. The van der Waals surface area contributed by atoms with Crippen LogP contribution in [0.4, 0.5) is 0 Å². The number of rotatable bonds is 5. The van der Waals surface area contributed by atoms with Gasteiger partial charge in [0.25, 0.3) is 5.91 Å². The number of benzene rings is 1. The van der Waals surface area contributed by atoms with Gasteiger partial charge in [-0.1, -0.05) is 19.9 Å². The van der Waals surface area contributed by atoms with Gasteiger partial charge in [0, 0.05) is 6.54 Å². The average molecular weight is 291 g/mol. The minimum atomic E-state index is -0.539. The van der Waals surface area contributed by atoms with Crippen molar-refractivity contribution in [3.63, 3.8) is 0 Å². The normalized spacial score (nSPS) is 19.0. The number of carbonyl (C=O) groups is 1. The van der Waals surface area contributed by atoms with Gasteiger partial charge in [-0.2, -0.15) is 0 Å². The summed E-state index contributed by atoms with van der Waals surface area (Å²) in [5.41, 5.74) is 2.12.